The van der Waals surface area contributed by atoms with E-state index in [2.05, 4.69) is 10.3 Å². The Morgan fingerprint density at radius 1 is 1.15 bits per heavy atom. The topological polar surface area (TPSA) is 77.3 Å². The molecule has 0 bridgehead atoms. The second-order valence-electron chi connectivity index (χ2n) is 5.83. The highest BCUT2D eigenvalue weighted by molar-refractivity contribution is 5.78. The predicted octanol–water partition coefficient (Wildman–Crippen LogP) is 1.85. The number of benzene rings is 2. The SMILES string of the molecule is CCN(Cc1ccc(OC)cc1)C(=O)Cn1nnc2ccccc2c1=O. The average Bonchev–Trinajstić information content (AvgIpc) is 2.68. The van der Waals surface area contributed by atoms with Crippen LogP contribution in [0.25, 0.3) is 10.9 Å². The molecule has 7 heteroatoms. The molecule has 0 aliphatic rings. The van der Waals surface area contributed by atoms with Crippen molar-refractivity contribution in [1.82, 2.24) is 19.9 Å². The van der Waals surface area contributed by atoms with E-state index in [0.717, 1.165) is 16.0 Å². The highest BCUT2D eigenvalue weighted by Gasteiger charge is 2.15. The van der Waals surface area contributed by atoms with Crippen LogP contribution in [0, 0.1) is 0 Å². The molecule has 3 aromatic rings. The second kappa shape index (κ2) is 7.77. The molecule has 0 saturated heterocycles. The minimum atomic E-state index is -0.315. The van der Waals surface area contributed by atoms with Crippen LogP contribution in [-0.2, 0) is 17.9 Å². The minimum Gasteiger partial charge on any atom is -0.497 e. The summed E-state index contributed by atoms with van der Waals surface area (Å²) in [5.41, 5.74) is 1.19. The zero-order chi connectivity index (χ0) is 18.5. The Balaban J connectivity index is 1.76. The number of fused-ring (bicyclic) bond motifs is 1. The van der Waals surface area contributed by atoms with Gasteiger partial charge in [0.05, 0.1) is 12.5 Å². The molecule has 0 saturated carbocycles. The van der Waals surface area contributed by atoms with Crippen LogP contribution in [-0.4, -0.2) is 39.5 Å². The minimum absolute atomic E-state index is 0.138. The molecule has 0 spiro atoms. The lowest BCUT2D eigenvalue weighted by Gasteiger charge is -2.21. The summed E-state index contributed by atoms with van der Waals surface area (Å²) in [6, 6.07) is 14.5. The van der Waals surface area contributed by atoms with Crippen molar-refractivity contribution in [3.05, 3.63) is 64.4 Å². The van der Waals surface area contributed by atoms with Gasteiger partial charge in [0, 0.05) is 13.1 Å². The number of carbonyl (C=O) groups excluding carboxylic acids is 1. The molecule has 1 amide bonds. The van der Waals surface area contributed by atoms with Gasteiger partial charge in [0.25, 0.3) is 5.56 Å². The first-order chi connectivity index (χ1) is 12.6. The van der Waals surface area contributed by atoms with Crippen LogP contribution in [0.1, 0.15) is 12.5 Å². The molecule has 0 unspecified atom stereocenters. The molecular formula is C19H20N4O3. The number of methoxy groups -OCH3 is 1. The number of rotatable bonds is 6. The van der Waals surface area contributed by atoms with Crippen molar-refractivity contribution in [2.24, 2.45) is 0 Å². The maximum Gasteiger partial charge on any atom is 0.278 e. The van der Waals surface area contributed by atoms with Crippen molar-refractivity contribution in [2.45, 2.75) is 20.0 Å². The van der Waals surface area contributed by atoms with Gasteiger partial charge in [0.15, 0.2) is 0 Å². The van der Waals surface area contributed by atoms with Gasteiger partial charge in [0.1, 0.15) is 17.8 Å². The van der Waals surface area contributed by atoms with Crippen LogP contribution in [0.3, 0.4) is 0 Å². The fraction of sp³-hybridized carbons (Fsp3) is 0.263. The maximum atomic E-state index is 12.6. The maximum absolute atomic E-state index is 12.6. The molecule has 1 heterocycles. The number of hydrogen-bond donors (Lipinski definition) is 0. The van der Waals surface area contributed by atoms with E-state index in [1.807, 2.05) is 31.2 Å². The Hall–Kier alpha value is -3.22. The van der Waals surface area contributed by atoms with E-state index in [9.17, 15) is 9.59 Å². The van der Waals surface area contributed by atoms with Gasteiger partial charge in [-0.15, -0.1) is 5.10 Å². The summed E-state index contributed by atoms with van der Waals surface area (Å²) in [4.78, 5) is 26.8. The Morgan fingerprint density at radius 2 is 1.88 bits per heavy atom. The molecule has 0 radical (unpaired) electrons. The van der Waals surface area contributed by atoms with Crippen LogP contribution in [0.2, 0.25) is 0 Å². The third-order valence-corrected chi connectivity index (χ3v) is 4.18. The van der Waals surface area contributed by atoms with Crippen molar-refractivity contribution in [3.63, 3.8) is 0 Å². The van der Waals surface area contributed by atoms with E-state index in [1.165, 1.54) is 0 Å². The Labute approximate surface area is 150 Å². The summed E-state index contributed by atoms with van der Waals surface area (Å²) in [6.45, 7) is 2.74. The molecule has 0 atom stereocenters. The number of aromatic nitrogens is 3. The summed E-state index contributed by atoms with van der Waals surface area (Å²) >= 11 is 0. The van der Waals surface area contributed by atoms with Crippen molar-refractivity contribution < 1.29 is 9.53 Å². The standard InChI is InChI=1S/C19H20N4O3/c1-3-22(12-14-8-10-15(26-2)11-9-14)18(24)13-23-19(25)16-6-4-5-7-17(16)20-21-23/h4-11H,3,12-13H2,1-2H3. The fourth-order valence-electron chi connectivity index (χ4n) is 2.68. The van der Waals surface area contributed by atoms with E-state index >= 15 is 0 Å². The number of ether oxygens (including phenoxy) is 1. The first-order valence-electron chi connectivity index (χ1n) is 8.35. The molecule has 0 aliphatic heterocycles. The molecule has 0 N–H and O–H groups in total. The van der Waals surface area contributed by atoms with E-state index in [4.69, 9.17) is 4.74 Å². The van der Waals surface area contributed by atoms with Crippen LogP contribution in [0.5, 0.6) is 5.75 Å². The van der Waals surface area contributed by atoms with Gasteiger partial charge in [0.2, 0.25) is 5.91 Å². The molecule has 7 nitrogen and oxygen atoms in total. The molecule has 26 heavy (non-hydrogen) atoms. The molecule has 3 rings (SSSR count). The summed E-state index contributed by atoms with van der Waals surface area (Å²) in [5.74, 6) is 0.580. The average molecular weight is 352 g/mol. The number of nitrogens with zero attached hydrogens (tertiary/aromatic N) is 4. The number of amides is 1. The summed E-state index contributed by atoms with van der Waals surface area (Å²) in [7, 11) is 1.61. The lowest BCUT2D eigenvalue weighted by molar-refractivity contribution is -0.132. The van der Waals surface area contributed by atoms with E-state index in [1.54, 1.807) is 36.3 Å². The quantitative estimate of drug-likeness (QED) is 0.677. The molecule has 134 valence electrons. The molecule has 0 fully saturated rings. The third-order valence-electron chi connectivity index (χ3n) is 4.18. The lowest BCUT2D eigenvalue weighted by Crippen LogP contribution is -2.37. The van der Waals surface area contributed by atoms with Gasteiger partial charge in [-0.1, -0.05) is 29.5 Å². The fourth-order valence-corrected chi connectivity index (χ4v) is 2.68. The van der Waals surface area contributed by atoms with Crippen molar-refractivity contribution in [2.75, 3.05) is 13.7 Å². The second-order valence-corrected chi connectivity index (χ2v) is 5.83. The highest BCUT2D eigenvalue weighted by Crippen LogP contribution is 2.13. The normalized spacial score (nSPS) is 10.7. The monoisotopic (exact) mass is 352 g/mol. The smallest absolute Gasteiger partial charge is 0.278 e. The van der Waals surface area contributed by atoms with Gasteiger partial charge in [-0.2, -0.15) is 0 Å². The molecule has 0 aliphatic carbocycles. The number of hydrogen-bond acceptors (Lipinski definition) is 5. The van der Waals surface area contributed by atoms with Gasteiger partial charge in [-0.3, -0.25) is 9.59 Å². The first kappa shape index (κ1) is 17.6. The van der Waals surface area contributed by atoms with Gasteiger partial charge < -0.3 is 9.64 Å². The van der Waals surface area contributed by atoms with Crippen molar-refractivity contribution in [3.8, 4) is 5.75 Å². The number of carbonyl (C=O) groups is 1. The van der Waals surface area contributed by atoms with Crippen LogP contribution >= 0.6 is 0 Å². The Kier molecular flexibility index (Phi) is 5.26. The predicted molar refractivity (Wildman–Crippen MR) is 97.9 cm³/mol. The Bertz CT molecular complexity index is 966. The van der Waals surface area contributed by atoms with Gasteiger partial charge in [-0.25, -0.2) is 4.68 Å². The summed E-state index contributed by atoms with van der Waals surface area (Å²) in [5, 5.41) is 8.35. The summed E-state index contributed by atoms with van der Waals surface area (Å²) < 4.78 is 6.25. The Morgan fingerprint density at radius 3 is 2.58 bits per heavy atom. The molecule has 1 aromatic heterocycles. The third kappa shape index (κ3) is 3.72. The van der Waals surface area contributed by atoms with Gasteiger partial charge >= 0.3 is 0 Å². The van der Waals surface area contributed by atoms with Crippen LogP contribution in [0.4, 0.5) is 0 Å². The van der Waals surface area contributed by atoms with Crippen LogP contribution in [0.15, 0.2) is 53.3 Å². The largest absolute Gasteiger partial charge is 0.497 e. The zero-order valence-corrected chi connectivity index (χ0v) is 14.8. The lowest BCUT2D eigenvalue weighted by atomic mass is 10.2. The van der Waals surface area contributed by atoms with E-state index < -0.39 is 0 Å². The summed E-state index contributed by atoms with van der Waals surface area (Å²) in [6.07, 6.45) is 0. The highest BCUT2D eigenvalue weighted by atomic mass is 16.5. The van der Waals surface area contributed by atoms with E-state index in [-0.39, 0.29) is 18.0 Å². The van der Waals surface area contributed by atoms with Gasteiger partial charge in [-0.05, 0) is 36.8 Å². The first-order valence-corrected chi connectivity index (χ1v) is 8.35. The van der Waals surface area contributed by atoms with Crippen LogP contribution < -0.4 is 10.3 Å². The van der Waals surface area contributed by atoms with Crippen molar-refractivity contribution >= 4 is 16.8 Å². The number of likely N-dealkylation sites (N-methyl/N-ethyl adjacent to an activating group) is 1. The molecule has 2 aromatic carbocycles. The zero-order valence-electron chi connectivity index (χ0n) is 14.8. The molecular weight excluding hydrogens is 332 g/mol. The van der Waals surface area contributed by atoms with E-state index in [0.29, 0.717) is 24.0 Å². The van der Waals surface area contributed by atoms with Crippen molar-refractivity contribution in [1.29, 1.82) is 0 Å².